The Hall–Kier alpha value is -2.48. The molecule has 0 aromatic heterocycles. The molecule has 1 aliphatic heterocycles. The van der Waals surface area contributed by atoms with Crippen molar-refractivity contribution >= 4 is 48.0 Å². The minimum Gasteiger partial charge on any atom is -0.444 e. The fourth-order valence-corrected chi connectivity index (χ4v) is 3.73. The van der Waals surface area contributed by atoms with Crippen LogP contribution in [-0.4, -0.2) is 69.7 Å². The molecule has 3 amide bonds. The molecule has 13 nitrogen and oxygen atoms in total. The number of alkyl carbamates (subject to hydrolysis) is 1. The number of carbonyl (C=O) groups excluding carboxylic acids is 3. The lowest BCUT2D eigenvalue weighted by Crippen LogP contribution is -2.53. The molecule has 0 aromatic carbocycles. The molecule has 0 saturated carbocycles. The Morgan fingerprint density at radius 2 is 1.97 bits per heavy atom. The third kappa shape index (κ3) is 10.9. The second-order valence-corrected chi connectivity index (χ2v) is 8.69. The van der Waals surface area contributed by atoms with E-state index in [4.69, 9.17) is 16.2 Å². The Balaban J connectivity index is 0.00000900. The van der Waals surface area contributed by atoms with E-state index in [1.54, 1.807) is 20.8 Å². The van der Waals surface area contributed by atoms with Crippen LogP contribution in [0.2, 0.25) is 0 Å². The minimum absolute atomic E-state index is 0. The Kier molecular flexibility index (Phi) is 12.0. The molecule has 1 aliphatic rings. The van der Waals surface area contributed by atoms with E-state index in [-0.39, 0.29) is 24.8 Å². The van der Waals surface area contributed by atoms with Gasteiger partial charge in [-0.25, -0.2) is 14.9 Å². The topological polar surface area (TPSA) is 195 Å². The second kappa shape index (κ2) is 13.0. The van der Waals surface area contributed by atoms with Crippen LogP contribution in [0.5, 0.6) is 0 Å². The van der Waals surface area contributed by atoms with Gasteiger partial charge in [0.05, 0.1) is 0 Å². The summed E-state index contributed by atoms with van der Waals surface area (Å²) < 4.78 is 5.23. The van der Waals surface area contributed by atoms with Gasteiger partial charge in [0, 0.05) is 18.8 Å². The third-order valence-corrected chi connectivity index (χ3v) is 5.04. The SMILES string of the molecule is CC(C)(C)OC(=O)N[C@@H](CCCCNC(N)=N[N+](=O)[O-])C(=O)N1CCSC1C(N)=O.Cl. The molecule has 2 atom stereocenters. The number of unbranched alkanes of at least 4 members (excludes halogenated alkanes) is 1. The van der Waals surface area contributed by atoms with Crippen LogP contribution in [0.1, 0.15) is 40.0 Å². The number of nitrogens with one attached hydrogen (secondary N) is 2. The van der Waals surface area contributed by atoms with Crippen molar-refractivity contribution in [1.82, 2.24) is 15.5 Å². The molecule has 1 unspecified atom stereocenters. The Bertz CT molecular complexity index is 688. The van der Waals surface area contributed by atoms with E-state index < -0.39 is 40.0 Å². The van der Waals surface area contributed by atoms with E-state index in [0.717, 1.165) is 0 Å². The zero-order valence-electron chi connectivity index (χ0n) is 17.7. The van der Waals surface area contributed by atoms with Crippen molar-refractivity contribution in [2.24, 2.45) is 16.6 Å². The van der Waals surface area contributed by atoms with Crippen LogP contribution in [0.3, 0.4) is 0 Å². The van der Waals surface area contributed by atoms with E-state index in [2.05, 4.69) is 15.7 Å². The lowest BCUT2D eigenvalue weighted by Gasteiger charge is -2.28. The molecule has 31 heavy (non-hydrogen) atoms. The van der Waals surface area contributed by atoms with Crippen LogP contribution in [0, 0.1) is 10.1 Å². The largest absolute Gasteiger partial charge is 0.444 e. The predicted molar refractivity (Wildman–Crippen MR) is 118 cm³/mol. The highest BCUT2D eigenvalue weighted by Crippen LogP contribution is 2.24. The molecule has 178 valence electrons. The number of ether oxygens (including phenoxy) is 1. The highest BCUT2D eigenvalue weighted by molar-refractivity contribution is 8.00. The summed E-state index contributed by atoms with van der Waals surface area (Å²) in [5.41, 5.74) is 9.96. The highest BCUT2D eigenvalue weighted by atomic mass is 35.5. The molecule has 1 heterocycles. The lowest BCUT2D eigenvalue weighted by atomic mass is 10.1. The van der Waals surface area contributed by atoms with Crippen molar-refractivity contribution in [3.63, 3.8) is 0 Å². The summed E-state index contributed by atoms with van der Waals surface area (Å²) in [7, 11) is 0. The second-order valence-electron chi connectivity index (χ2n) is 7.50. The van der Waals surface area contributed by atoms with Gasteiger partial charge < -0.3 is 31.7 Å². The first kappa shape index (κ1) is 28.5. The molecular formula is C16H30ClN7O6S. The molecule has 1 fully saturated rings. The van der Waals surface area contributed by atoms with Crippen molar-refractivity contribution in [1.29, 1.82) is 0 Å². The van der Waals surface area contributed by atoms with Crippen molar-refractivity contribution in [3.8, 4) is 0 Å². The summed E-state index contributed by atoms with van der Waals surface area (Å²) in [6.45, 7) is 5.74. The third-order valence-electron chi connectivity index (χ3n) is 3.82. The van der Waals surface area contributed by atoms with E-state index in [1.807, 2.05) is 0 Å². The number of primary amides is 1. The van der Waals surface area contributed by atoms with Gasteiger partial charge >= 0.3 is 6.09 Å². The Morgan fingerprint density at radius 1 is 1.32 bits per heavy atom. The number of guanidine groups is 1. The van der Waals surface area contributed by atoms with Gasteiger partial charge in [0.15, 0.2) is 10.4 Å². The van der Waals surface area contributed by atoms with E-state index in [9.17, 15) is 24.5 Å². The van der Waals surface area contributed by atoms with Crippen LogP contribution in [0.15, 0.2) is 5.10 Å². The minimum atomic E-state index is -0.912. The summed E-state index contributed by atoms with van der Waals surface area (Å²) in [4.78, 5) is 48.3. The normalized spacial score (nSPS) is 17.3. The van der Waals surface area contributed by atoms with Gasteiger partial charge in [-0.2, -0.15) is 0 Å². The first-order valence-corrected chi connectivity index (χ1v) is 10.4. The number of amides is 3. The smallest absolute Gasteiger partial charge is 0.408 e. The maximum Gasteiger partial charge on any atom is 0.408 e. The van der Waals surface area contributed by atoms with Crippen molar-refractivity contribution in [3.05, 3.63) is 10.1 Å². The molecule has 0 bridgehead atoms. The Morgan fingerprint density at radius 3 is 2.52 bits per heavy atom. The van der Waals surface area contributed by atoms with Gasteiger partial charge in [0.1, 0.15) is 16.7 Å². The highest BCUT2D eigenvalue weighted by Gasteiger charge is 2.37. The first-order chi connectivity index (χ1) is 13.9. The van der Waals surface area contributed by atoms with Crippen LogP contribution in [-0.2, 0) is 14.3 Å². The quantitative estimate of drug-likeness (QED) is 0.114. The summed E-state index contributed by atoms with van der Waals surface area (Å²) in [5, 5.41) is 16.6. The van der Waals surface area contributed by atoms with E-state index >= 15 is 0 Å². The van der Waals surface area contributed by atoms with Crippen molar-refractivity contribution in [2.45, 2.75) is 57.1 Å². The number of carbonyl (C=O) groups is 3. The molecule has 0 radical (unpaired) electrons. The van der Waals surface area contributed by atoms with Gasteiger partial charge in [-0.3, -0.25) is 9.59 Å². The number of rotatable bonds is 9. The number of hydrogen-bond acceptors (Lipinski definition) is 7. The van der Waals surface area contributed by atoms with Crippen molar-refractivity contribution in [2.75, 3.05) is 18.8 Å². The summed E-state index contributed by atoms with van der Waals surface area (Å²) >= 11 is 1.27. The fraction of sp³-hybridized carbons (Fsp3) is 0.750. The zero-order chi connectivity index (χ0) is 22.9. The number of hydrazone groups is 1. The molecule has 0 aliphatic carbocycles. The Labute approximate surface area is 190 Å². The average Bonchev–Trinajstić information content (AvgIpc) is 3.07. The van der Waals surface area contributed by atoms with E-state index in [1.165, 1.54) is 16.7 Å². The van der Waals surface area contributed by atoms with Crippen LogP contribution >= 0.6 is 24.2 Å². The summed E-state index contributed by atoms with van der Waals surface area (Å²) in [6.07, 6.45) is 0.497. The monoisotopic (exact) mass is 483 g/mol. The van der Waals surface area contributed by atoms with Gasteiger partial charge in [-0.1, -0.05) is 0 Å². The van der Waals surface area contributed by atoms with Gasteiger partial charge in [0.2, 0.25) is 5.91 Å². The molecule has 0 spiro atoms. The molecular weight excluding hydrogens is 454 g/mol. The summed E-state index contributed by atoms with van der Waals surface area (Å²) in [6, 6.07) is -0.912. The lowest BCUT2D eigenvalue weighted by molar-refractivity contribution is -0.485. The van der Waals surface area contributed by atoms with Crippen LogP contribution < -0.4 is 22.1 Å². The van der Waals surface area contributed by atoms with Gasteiger partial charge in [0.25, 0.3) is 11.9 Å². The van der Waals surface area contributed by atoms with Crippen LogP contribution in [0.4, 0.5) is 4.79 Å². The number of nitro groups is 1. The van der Waals surface area contributed by atoms with Crippen LogP contribution in [0.25, 0.3) is 0 Å². The first-order valence-electron chi connectivity index (χ1n) is 9.34. The van der Waals surface area contributed by atoms with Gasteiger partial charge in [-0.05, 0) is 40.0 Å². The number of nitrogens with zero attached hydrogens (tertiary/aromatic N) is 3. The summed E-state index contributed by atoms with van der Waals surface area (Å²) in [5.74, 6) is -0.793. The van der Waals surface area contributed by atoms with Crippen molar-refractivity contribution < 1.29 is 24.2 Å². The average molecular weight is 484 g/mol. The standard InChI is InChI=1S/C16H29N7O6S.ClH/c1-16(2,3)29-15(26)20-10(6-4-5-7-19-14(18)21-23(27)28)12(25)22-8-9-30-13(22)11(17)24;/h10,13H,4-9H2,1-3H3,(H2,17,24)(H,20,26)(H3,18,19,21);1H/t10-,13?;/m0./s1. The predicted octanol–water partition coefficient (Wildman–Crippen LogP) is -0.0454. The molecule has 1 saturated heterocycles. The maximum atomic E-state index is 13.0. The van der Waals surface area contributed by atoms with E-state index in [0.29, 0.717) is 31.7 Å². The molecule has 6 N–H and O–H groups in total. The molecule has 1 rings (SSSR count). The molecule has 15 heteroatoms. The van der Waals surface area contributed by atoms with Gasteiger partial charge in [-0.15, -0.1) is 24.2 Å². The maximum absolute atomic E-state index is 13.0. The number of thioether (sulfide) groups is 1. The zero-order valence-corrected chi connectivity index (χ0v) is 19.3. The fourth-order valence-electron chi connectivity index (χ4n) is 2.65. The molecule has 0 aromatic rings. The number of hydrogen-bond donors (Lipinski definition) is 4. The number of nitrogens with two attached hydrogens (primary N) is 2. The number of halogens is 1.